The summed E-state index contributed by atoms with van der Waals surface area (Å²) in [6.07, 6.45) is 1.36. The van der Waals surface area contributed by atoms with Gasteiger partial charge in [-0.2, -0.15) is 0 Å². The van der Waals surface area contributed by atoms with E-state index in [1.807, 2.05) is 18.2 Å². The molecule has 26 heavy (non-hydrogen) atoms. The Hall–Kier alpha value is -3.48. The van der Waals surface area contributed by atoms with E-state index in [0.29, 0.717) is 17.8 Å². The van der Waals surface area contributed by atoms with Gasteiger partial charge in [-0.05, 0) is 38.6 Å². The third-order valence-corrected chi connectivity index (χ3v) is 4.53. The Morgan fingerprint density at radius 1 is 1.08 bits per heavy atom. The SMILES string of the molecule is O=c1[nH]c2nonc2nc1Cc1cccc(-c2ccc3c(c2)OCC3)c1. The number of H-pyrrole nitrogens is 1. The molecule has 7 nitrogen and oxygen atoms in total. The highest BCUT2D eigenvalue weighted by Gasteiger charge is 2.13. The van der Waals surface area contributed by atoms with Crippen LogP contribution in [-0.4, -0.2) is 26.9 Å². The summed E-state index contributed by atoms with van der Waals surface area (Å²) < 4.78 is 10.3. The molecule has 0 bridgehead atoms. The quantitative estimate of drug-likeness (QED) is 0.612. The molecule has 0 unspecified atom stereocenters. The zero-order chi connectivity index (χ0) is 17.5. The molecule has 2 aromatic carbocycles. The Labute approximate surface area is 147 Å². The first-order valence-electron chi connectivity index (χ1n) is 8.33. The number of nitrogens with one attached hydrogen (secondary N) is 1. The maximum absolute atomic E-state index is 12.2. The van der Waals surface area contributed by atoms with E-state index < -0.39 is 0 Å². The van der Waals surface area contributed by atoms with Gasteiger partial charge in [0.05, 0.1) is 6.61 Å². The Morgan fingerprint density at radius 2 is 2.00 bits per heavy atom. The van der Waals surface area contributed by atoms with Crippen LogP contribution < -0.4 is 10.3 Å². The molecular formula is C19H14N4O3. The van der Waals surface area contributed by atoms with Crippen molar-refractivity contribution >= 4 is 11.3 Å². The molecule has 0 spiro atoms. The van der Waals surface area contributed by atoms with E-state index in [2.05, 4.69) is 49.2 Å². The van der Waals surface area contributed by atoms with Crippen LogP contribution in [0.5, 0.6) is 5.75 Å². The van der Waals surface area contributed by atoms with Crippen molar-refractivity contribution in [2.45, 2.75) is 12.8 Å². The molecule has 0 fully saturated rings. The van der Waals surface area contributed by atoms with E-state index in [1.165, 1.54) is 5.56 Å². The number of rotatable bonds is 3. The average Bonchev–Trinajstić information content (AvgIpc) is 3.30. The molecule has 1 N–H and O–H groups in total. The highest BCUT2D eigenvalue weighted by atomic mass is 16.6. The van der Waals surface area contributed by atoms with Crippen LogP contribution in [0.15, 0.2) is 51.9 Å². The minimum Gasteiger partial charge on any atom is -0.493 e. The predicted octanol–water partition coefficient (Wildman–Crippen LogP) is 2.50. The van der Waals surface area contributed by atoms with E-state index in [4.69, 9.17) is 4.74 Å². The van der Waals surface area contributed by atoms with Gasteiger partial charge in [0, 0.05) is 12.8 Å². The molecule has 0 atom stereocenters. The van der Waals surface area contributed by atoms with Crippen LogP contribution in [0.3, 0.4) is 0 Å². The summed E-state index contributed by atoms with van der Waals surface area (Å²) in [6.45, 7) is 0.743. The van der Waals surface area contributed by atoms with Gasteiger partial charge in [-0.1, -0.05) is 36.4 Å². The molecule has 128 valence electrons. The molecule has 3 heterocycles. The molecule has 1 aliphatic rings. The second-order valence-electron chi connectivity index (χ2n) is 6.25. The number of fused-ring (bicyclic) bond motifs is 2. The highest BCUT2D eigenvalue weighted by Crippen LogP contribution is 2.31. The molecule has 4 aromatic rings. The summed E-state index contributed by atoms with van der Waals surface area (Å²) in [7, 11) is 0. The summed E-state index contributed by atoms with van der Waals surface area (Å²) in [5.41, 5.74) is 5.03. The van der Waals surface area contributed by atoms with E-state index in [0.717, 1.165) is 35.5 Å². The van der Waals surface area contributed by atoms with E-state index >= 15 is 0 Å². The number of hydrogen-bond donors (Lipinski definition) is 1. The van der Waals surface area contributed by atoms with E-state index in [9.17, 15) is 4.79 Å². The summed E-state index contributed by atoms with van der Waals surface area (Å²) in [5, 5.41) is 7.27. The van der Waals surface area contributed by atoms with Crippen LogP contribution in [0.4, 0.5) is 0 Å². The number of hydrogen-bond acceptors (Lipinski definition) is 6. The van der Waals surface area contributed by atoms with Gasteiger partial charge in [0.15, 0.2) is 0 Å². The second kappa shape index (κ2) is 5.80. The molecule has 1 aliphatic heterocycles. The van der Waals surface area contributed by atoms with Crippen LogP contribution in [0.1, 0.15) is 16.8 Å². The Balaban J connectivity index is 1.49. The van der Waals surface area contributed by atoms with Crippen LogP contribution in [0, 0.1) is 0 Å². The zero-order valence-electron chi connectivity index (χ0n) is 13.7. The Kier molecular flexibility index (Phi) is 3.31. The maximum Gasteiger partial charge on any atom is 0.271 e. The molecule has 5 rings (SSSR count). The van der Waals surface area contributed by atoms with Crippen molar-refractivity contribution in [3.8, 4) is 16.9 Å². The molecule has 0 amide bonds. The fourth-order valence-electron chi connectivity index (χ4n) is 3.21. The minimum absolute atomic E-state index is 0.255. The lowest BCUT2D eigenvalue weighted by Gasteiger charge is -2.07. The Morgan fingerprint density at radius 3 is 2.96 bits per heavy atom. The molecule has 0 radical (unpaired) electrons. The maximum atomic E-state index is 12.2. The van der Waals surface area contributed by atoms with Crippen molar-refractivity contribution in [2.24, 2.45) is 0 Å². The summed E-state index contributed by atoms with van der Waals surface area (Å²) in [5.74, 6) is 0.954. The van der Waals surface area contributed by atoms with Gasteiger partial charge in [0.2, 0.25) is 11.3 Å². The first kappa shape index (κ1) is 14.8. The van der Waals surface area contributed by atoms with Crippen molar-refractivity contribution in [3.63, 3.8) is 0 Å². The zero-order valence-corrected chi connectivity index (χ0v) is 13.7. The van der Waals surface area contributed by atoms with Crippen molar-refractivity contribution in [1.29, 1.82) is 0 Å². The largest absolute Gasteiger partial charge is 0.493 e. The fraction of sp³-hybridized carbons (Fsp3) is 0.158. The third kappa shape index (κ3) is 2.54. The van der Waals surface area contributed by atoms with Gasteiger partial charge in [0.25, 0.3) is 5.56 Å². The van der Waals surface area contributed by atoms with Crippen LogP contribution in [0.2, 0.25) is 0 Å². The normalized spacial score (nSPS) is 12.9. The summed E-state index contributed by atoms with van der Waals surface area (Å²) in [6, 6.07) is 14.3. The standard InChI is InChI=1S/C19H14N4O3/c24-19-15(20-17-18(21-19)23-26-22-17)9-11-2-1-3-13(8-11)14-5-4-12-6-7-25-16(12)10-14/h1-5,8,10H,6-7,9H2,(H,21,23,24). The van der Waals surface area contributed by atoms with Crippen molar-refractivity contribution in [1.82, 2.24) is 20.3 Å². The van der Waals surface area contributed by atoms with Crippen LogP contribution in [0.25, 0.3) is 22.4 Å². The lowest BCUT2D eigenvalue weighted by Crippen LogP contribution is -2.15. The topological polar surface area (TPSA) is 93.9 Å². The van der Waals surface area contributed by atoms with Crippen molar-refractivity contribution in [3.05, 3.63) is 69.6 Å². The number of benzene rings is 2. The van der Waals surface area contributed by atoms with Gasteiger partial charge in [-0.25, -0.2) is 9.61 Å². The van der Waals surface area contributed by atoms with Gasteiger partial charge < -0.3 is 4.74 Å². The number of ether oxygens (including phenoxy) is 1. The average molecular weight is 346 g/mol. The van der Waals surface area contributed by atoms with Gasteiger partial charge in [0.1, 0.15) is 11.4 Å². The predicted molar refractivity (Wildman–Crippen MR) is 94.1 cm³/mol. The highest BCUT2D eigenvalue weighted by molar-refractivity contribution is 5.67. The molecule has 0 saturated heterocycles. The second-order valence-corrected chi connectivity index (χ2v) is 6.25. The number of aromatic nitrogens is 4. The van der Waals surface area contributed by atoms with Crippen LogP contribution >= 0.6 is 0 Å². The first-order valence-corrected chi connectivity index (χ1v) is 8.33. The van der Waals surface area contributed by atoms with Crippen molar-refractivity contribution < 1.29 is 9.37 Å². The molecule has 0 aliphatic carbocycles. The molecule has 2 aromatic heterocycles. The van der Waals surface area contributed by atoms with Crippen molar-refractivity contribution in [2.75, 3.05) is 6.61 Å². The number of aromatic amines is 1. The number of nitrogens with zero attached hydrogens (tertiary/aromatic N) is 3. The molecule has 0 saturated carbocycles. The Bertz CT molecular complexity index is 1180. The molecular weight excluding hydrogens is 332 g/mol. The smallest absolute Gasteiger partial charge is 0.271 e. The summed E-state index contributed by atoms with van der Waals surface area (Å²) >= 11 is 0. The molecule has 7 heteroatoms. The van der Waals surface area contributed by atoms with E-state index in [1.54, 1.807) is 0 Å². The van der Waals surface area contributed by atoms with Gasteiger partial charge in [-0.15, -0.1) is 0 Å². The minimum atomic E-state index is -0.287. The van der Waals surface area contributed by atoms with Gasteiger partial charge >= 0.3 is 0 Å². The lowest BCUT2D eigenvalue weighted by molar-refractivity contribution is 0.314. The first-order chi connectivity index (χ1) is 12.8. The van der Waals surface area contributed by atoms with Crippen LogP contribution in [-0.2, 0) is 12.8 Å². The fourth-order valence-corrected chi connectivity index (χ4v) is 3.21. The lowest BCUT2D eigenvalue weighted by atomic mass is 9.99. The van der Waals surface area contributed by atoms with Gasteiger partial charge in [-0.3, -0.25) is 9.78 Å². The monoisotopic (exact) mass is 346 g/mol. The summed E-state index contributed by atoms with van der Waals surface area (Å²) in [4.78, 5) is 19.1. The van der Waals surface area contributed by atoms with E-state index in [-0.39, 0.29) is 11.2 Å². The third-order valence-electron chi connectivity index (χ3n) is 4.53.